The van der Waals surface area contributed by atoms with Crippen LogP contribution in [0.2, 0.25) is 0 Å². The fourth-order valence-corrected chi connectivity index (χ4v) is 3.99. The van der Waals surface area contributed by atoms with Gasteiger partial charge in [0.2, 0.25) is 0 Å². The molecule has 0 aliphatic heterocycles. The van der Waals surface area contributed by atoms with Crippen molar-refractivity contribution in [1.82, 2.24) is 15.2 Å². The number of thiophene rings is 1. The third kappa shape index (κ3) is 3.91. The number of anilines is 1. The first-order chi connectivity index (χ1) is 13.2. The number of hydrogen-bond acceptors (Lipinski definition) is 6. The lowest BCUT2D eigenvalue weighted by atomic mass is 10.2. The number of H-pyrrole nitrogens is 1. The second-order valence-electron chi connectivity index (χ2n) is 5.59. The minimum atomic E-state index is -0.285. The van der Waals surface area contributed by atoms with Gasteiger partial charge >= 0.3 is 0 Å². The van der Waals surface area contributed by atoms with Crippen LogP contribution in [0.4, 0.5) is 5.82 Å². The Morgan fingerprint density at radius 3 is 2.81 bits per heavy atom. The van der Waals surface area contributed by atoms with E-state index in [4.69, 9.17) is 4.74 Å². The van der Waals surface area contributed by atoms with Crippen LogP contribution in [0.25, 0.3) is 21.1 Å². The van der Waals surface area contributed by atoms with Gasteiger partial charge in [-0.3, -0.25) is 9.89 Å². The Morgan fingerprint density at radius 1 is 1.22 bits per heavy atom. The summed E-state index contributed by atoms with van der Waals surface area (Å²) in [5.74, 6) is 1.00. The first-order valence-electron chi connectivity index (χ1n) is 8.32. The molecule has 0 saturated carbocycles. The van der Waals surface area contributed by atoms with E-state index in [9.17, 15) is 4.79 Å². The van der Waals surface area contributed by atoms with E-state index in [1.165, 1.54) is 11.3 Å². The SMILES string of the molecule is CCOc1ccc(-c2nc(C(=O)Nc3cc(-c4cccs4)[nH]n3)cs2)cc1. The zero-order chi connectivity index (χ0) is 18.6. The molecule has 0 atom stereocenters. The van der Waals surface area contributed by atoms with Crippen LogP contribution in [0.15, 0.2) is 53.2 Å². The van der Waals surface area contributed by atoms with Crippen molar-refractivity contribution in [3.8, 4) is 26.9 Å². The highest BCUT2D eigenvalue weighted by Crippen LogP contribution is 2.27. The Labute approximate surface area is 163 Å². The molecule has 3 heterocycles. The molecule has 4 rings (SSSR count). The predicted molar refractivity (Wildman–Crippen MR) is 109 cm³/mol. The van der Waals surface area contributed by atoms with Gasteiger partial charge in [0, 0.05) is 17.0 Å². The van der Waals surface area contributed by atoms with Crippen LogP contribution in [-0.2, 0) is 0 Å². The smallest absolute Gasteiger partial charge is 0.276 e. The van der Waals surface area contributed by atoms with Crippen LogP contribution >= 0.6 is 22.7 Å². The number of amides is 1. The molecular formula is C19H16N4O2S2. The van der Waals surface area contributed by atoms with Gasteiger partial charge in [-0.1, -0.05) is 6.07 Å². The molecule has 0 unspecified atom stereocenters. The van der Waals surface area contributed by atoms with E-state index >= 15 is 0 Å². The summed E-state index contributed by atoms with van der Waals surface area (Å²) in [7, 11) is 0. The predicted octanol–water partition coefficient (Wildman–Crippen LogP) is 4.91. The Morgan fingerprint density at radius 2 is 2.07 bits per heavy atom. The molecule has 6 nitrogen and oxygen atoms in total. The van der Waals surface area contributed by atoms with E-state index in [0.717, 1.165) is 26.9 Å². The van der Waals surface area contributed by atoms with E-state index in [1.807, 2.05) is 54.8 Å². The normalized spacial score (nSPS) is 10.7. The van der Waals surface area contributed by atoms with Gasteiger partial charge < -0.3 is 10.1 Å². The minimum Gasteiger partial charge on any atom is -0.494 e. The Kier molecular flexibility index (Phi) is 4.99. The van der Waals surface area contributed by atoms with Crippen molar-refractivity contribution >= 4 is 34.4 Å². The number of hydrogen-bond donors (Lipinski definition) is 2. The number of nitrogens with one attached hydrogen (secondary N) is 2. The highest BCUT2D eigenvalue weighted by Gasteiger charge is 2.14. The molecule has 1 aromatic carbocycles. The number of thiazole rings is 1. The van der Waals surface area contributed by atoms with Crippen LogP contribution < -0.4 is 10.1 Å². The summed E-state index contributed by atoms with van der Waals surface area (Å²) in [6.07, 6.45) is 0. The van der Waals surface area contributed by atoms with Gasteiger partial charge in [-0.25, -0.2) is 4.98 Å². The molecule has 0 bridgehead atoms. The average Bonchev–Trinajstić information content (AvgIpc) is 3.43. The summed E-state index contributed by atoms with van der Waals surface area (Å²) in [5.41, 5.74) is 2.18. The van der Waals surface area contributed by atoms with Crippen molar-refractivity contribution in [3.63, 3.8) is 0 Å². The van der Waals surface area contributed by atoms with Crippen molar-refractivity contribution in [2.45, 2.75) is 6.92 Å². The molecule has 0 aliphatic carbocycles. The van der Waals surface area contributed by atoms with E-state index in [-0.39, 0.29) is 5.91 Å². The van der Waals surface area contributed by atoms with Gasteiger partial charge in [0.1, 0.15) is 16.5 Å². The van der Waals surface area contributed by atoms with E-state index < -0.39 is 0 Å². The van der Waals surface area contributed by atoms with Crippen LogP contribution in [0.5, 0.6) is 5.75 Å². The van der Waals surface area contributed by atoms with E-state index in [2.05, 4.69) is 20.5 Å². The molecule has 8 heteroatoms. The zero-order valence-corrected chi connectivity index (χ0v) is 16.1. The zero-order valence-electron chi connectivity index (χ0n) is 14.4. The van der Waals surface area contributed by atoms with Crippen LogP contribution in [0, 0.1) is 0 Å². The van der Waals surface area contributed by atoms with Gasteiger partial charge in [-0.15, -0.1) is 22.7 Å². The molecule has 0 spiro atoms. The molecule has 2 N–H and O–H groups in total. The van der Waals surface area contributed by atoms with Gasteiger partial charge in [0.05, 0.1) is 17.2 Å². The summed E-state index contributed by atoms with van der Waals surface area (Å²) < 4.78 is 5.44. The number of carbonyl (C=O) groups excluding carboxylic acids is 1. The van der Waals surface area contributed by atoms with Gasteiger partial charge in [-0.05, 0) is 42.6 Å². The van der Waals surface area contributed by atoms with Crippen LogP contribution in [-0.4, -0.2) is 27.7 Å². The van der Waals surface area contributed by atoms with Crippen molar-refractivity contribution in [1.29, 1.82) is 0 Å². The van der Waals surface area contributed by atoms with Crippen molar-refractivity contribution in [2.75, 3.05) is 11.9 Å². The first kappa shape index (κ1) is 17.4. The molecule has 1 amide bonds. The minimum absolute atomic E-state index is 0.285. The lowest BCUT2D eigenvalue weighted by Crippen LogP contribution is -2.12. The third-order valence-electron chi connectivity index (χ3n) is 3.76. The monoisotopic (exact) mass is 396 g/mol. The summed E-state index contributed by atoms with van der Waals surface area (Å²) in [6.45, 7) is 2.57. The maximum atomic E-state index is 12.5. The lowest BCUT2D eigenvalue weighted by molar-refractivity contribution is 0.102. The average molecular weight is 396 g/mol. The number of rotatable bonds is 6. The standard InChI is InChI=1S/C19H16N4O2S2/c1-2-25-13-7-5-12(6-8-13)19-20-15(11-27-19)18(24)21-17-10-14(22-23-17)16-4-3-9-26-16/h3-11H,2H2,1H3,(H2,21,22,23,24). The maximum absolute atomic E-state index is 12.5. The van der Waals surface area contributed by atoms with Crippen molar-refractivity contribution < 1.29 is 9.53 Å². The molecule has 0 fully saturated rings. The van der Waals surface area contributed by atoms with Gasteiger partial charge in [-0.2, -0.15) is 5.10 Å². The first-order valence-corrected chi connectivity index (χ1v) is 10.1. The number of nitrogens with zero attached hydrogens (tertiary/aromatic N) is 2. The van der Waals surface area contributed by atoms with Gasteiger partial charge in [0.25, 0.3) is 5.91 Å². The summed E-state index contributed by atoms with van der Waals surface area (Å²) in [5, 5.41) is 14.4. The largest absolute Gasteiger partial charge is 0.494 e. The molecule has 3 aromatic heterocycles. The fourth-order valence-electron chi connectivity index (χ4n) is 2.50. The van der Waals surface area contributed by atoms with Gasteiger partial charge in [0.15, 0.2) is 5.82 Å². The summed E-state index contributed by atoms with van der Waals surface area (Å²) >= 11 is 3.03. The van der Waals surface area contributed by atoms with Crippen molar-refractivity contribution in [3.05, 3.63) is 58.9 Å². The molecule has 136 valence electrons. The van der Waals surface area contributed by atoms with E-state index in [1.54, 1.807) is 16.7 Å². The molecule has 4 aromatic rings. The van der Waals surface area contributed by atoms with Crippen LogP contribution in [0.3, 0.4) is 0 Å². The quantitative estimate of drug-likeness (QED) is 0.485. The number of aromatic nitrogens is 3. The van der Waals surface area contributed by atoms with Crippen molar-refractivity contribution in [2.24, 2.45) is 0 Å². The maximum Gasteiger partial charge on any atom is 0.276 e. The highest BCUT2D eigenvalue weighted by molar-refractivity contribution is 7.13. The van der Waals surface area contributed by atoms with Crippen LogP contribution in [0.1, 0.15) is 17.4 Å². The Balaban J connectivity index is 1.45. The number of benzene rings is 1. The van der Waals surface area contributed by atoms with E-state index in [0.29, 0.717) is 18.1 Å². The second-order valence-corrected chi connectivity index (χ2v) is 7.40. The summed E-state index contributed by atoms with van der Waals surface area (Å²) in [6, 6.07) is 13.4. The topological polar surface area (TPSA) is 79.9 Å². The number of ether oxygens (including phenoxy) is 1. The number of carbonyl (C=O) groups is 1. The molecule has 27 heavy (non-hydrogen) atoms. The Bertz CT molecular complexity index is 1040. The molecule has 0 radical (unpaired) electrons. The highest BCUT2D eigenvalue weighted by atomic mass is 32.1. The number of aromatic amines is 1. The third-order valence-corrected chi connectivity index (χ3v) is 5.55. The second kappa shape index (κ2) is 7.73. The molecular weight excluding hydrogens is 380 g/mol. The summed E-state index contributed by atoms with van der Waals surface area (Å²) in [4.78, 5) is 18.0. The molecule has 0 aliphatic rings. The lowest BCUT2D eigenvalue weighted by Gasteiger charge is -2.03. The Hall–Kier alpha value is -2.97. The fraction of sp³-hybridized carbons (Fsp3) is 0.105. The molecule has 0 saturated heterocycles.